The smallest absolute Gasteiger partial charge is 0.305 e. The van der Waals surface area contributed by atoms with Gasteiger partial charge in [-0.05, 0) is 32.1 Å². The lowest BCUT2D eigenvalue weighted by molar-refractivity contribution is -0.140. The molecular weight excluding hydrogens is 270 g/mol. The Labute approximate surface area is 114 Å². The van der Waals surface area contributed by atoms with Crippen molar-refractivity contribution in [3.05, 3.63) is 0 Å². The molecule has 0 heterocycles. The number of aliphatic hydroxyl groups is 1. The Balaban J connectivity index is 2.11. The summed E-state index contributed by atoms with van der Waals surface area (Å²) in [5, 5.41) is 9.79. The van der Waals surface area contributed by atoms with Crippen molar-refractivity contribution in [3.63, 3.8) is 0 Å². The highest BCUT2D eigenvalue weighted by atomic mass is 32.2. The molecule has 1 saturated carbocycles. The number of hydrogen-bond acceptors (Lipinski definition) is 5. The van der Waals surface area contributed by atoms with E-state index in [1.54, 1.807) is 0 Å². The summed E-state index contributed by atoms with van der Waals surface area (Å²) in [6.45, 7) is 0.109. The van der Waals surface area contributed by atoms with Crippen molar-refractivity contribution in [2.24, 2.45) is 0 Å². The third-order valence-corrected chi connectivity index (χ3v) is 4.84. The summed E-state index contributed by atoms with van der Waals surface area (Å²) in [7, 11) is -1.99. The normalized spacial score (nSPS) is 17.8. The largest absolute Gasteiger partial charge is 0.469 e. The quantitative estimate of drug-likeness (QED) is 0.478. The van der Waals surface area contributed by atoms with Crippen LogP contribution in [0, 0.1) is 0 Å². The molecular formula is C12H23NO5S. The van der Waals surface area contributed by atoms with Crippen LogP contribution in [0.15, 0.2) is 0 Å². The molecule has 1 fully saturated rings. The number of hydrogen-bond donors (Lipinski definition) is 2. The Hall–Kier alpha value is -0.660. The van der Waals surface area contributed by atoms with Gasteiger partial charge < -0.3 is 9.84 Å². The number of esters is 1. The fourth-order valence-corrected chi connectivity index (χ4v) is 3.14. The first-order valence-corrected chi connectivity index (χ1v) is 8.29. The number of carbonyl (C=O) groups is 1. The fourth-order valence-electron chi connectivity index (χ4n) is 1.92. The average Bonchev–Trinajstić information content (AvgIpc) is 2.33. The molecule has 6 nitrogen and oxygen atoms in total. The van der Waals surface area contributed by atoms with Crippen molar-refractivity contribution in [3.8, 4) is 0 Å². The summed E-state index contributed by atoms with van der Waals surface area (Å²) in [5.41, 5.74) is -0.835. The Morgan fingerprint density at radius 1 is 1.32 bits per heavy atom. The van der Waals surface area contributed by atoms with E-state index in [-0.39, 0.29) is 18.3 Å². The predicted octanol–water partition coefficient (Wildman–Crippen LogP) is 0.554. The van der Waals surface area contributed by atoms with Crippen LogP contribution >= 0.6 is 0 Å². The van der Waals surface area contributed by atoms with Crippen molar-refractivity contribution in [2.75, 3.05) is 19.4 Å². The Bertz CT molecular complexity index is 389. The lowest BCUT2D eigenvalue weighted by Gasteiger charge is -2.36. The number of carbonyl (C=O) groups excluding carboxylic acids is 1. The molecule has 1 aliphatic rings. The van der Waals surface area contributed by atoms with Gasteiger partial charge in [-0.25, -0.2) is 13.1 Å². The summed E-state index contributed by atoms with van der Waals surface area (Å²) in [6.07, 6.45) is 4.40. The SMILES string of the molecule is COC(=O)CCCCCS(=O)(=O)NCC1(O)CCC1. The van der Waals surface area contributed by atoms with Crippen LogP contribution < -0.4 is 4.72 Å². The Morgan fingerprint density at radius 2 is 2.00 bits per heavy atom. The minimum Gasteiger partial charge on any atom is -0.469 e. The summed E-state index contributed by atoms with van der Waals surface area (Å²) < 4.78 is 30.3. The number of sulfonamides is 1. The first-order chi connectivity index (χ1) is 8.87. The van der Waals surface area contributed by atoms with Gasteiger partial charge in [-0.1, -0.05) is 6.42 Å². The van der Waals surface area contributed by atoms with E-state index in [0.717, 1.165) is 6.42 Å². The molecule has 0 aromatic heterocycles. The molecule has 19 heavy (non-hydrogen) atoms. The molecule has 1 rings (SSSR count). The van der Waals surface area contributed by atoms with Crippen LogP contribution in [0.25, 0.3) is 0 Å². The molecule has 1 aliphatic carbocycles. The van der Waals surface area contributed by atoms with Gasteiger partial charge in [-0.2, -0.15) is 0 Å². The van der Waals surface area contributed by atoms with Gasteiger partial charge >= 0.3 is 5.97 Å². The topological polar surface area (TPSA) is 92.7 Å². The van der Waals surface area contributed by atoms with E-state index in [1.165, 1.54) is 7.11 Å². The zero-order chi connectivity index (χ0) is 14.4. The Morgan fingerprint density at radius 3 is 2.53 bits per heavy atom. The first kappa shape index (κ1) is 16.4. The molecule has 2 N–H and O–H groups in total. The average molecular weight is 293 g/mol. The highest BCUT2D eigenvalue weighted by Crippen LogP contribution is 2.30. The maximum Gasteiger partial charge on any atom is 0.305 e. The van der Waals surface area contributed by atoms with Crippen molar-refractivity contribution in [1.29, 1.82) is 0 Å². The van der Waals surface area contributed by atoms with Gasteiger partial charge in [0.05, 0.1) is 18.5 Å². The predicted molar refractivity (Wildman–Crippen MR) is 71.1 cm³/mol. The highest BCUT2D eigenvalue weighted by Gasteiger charge is 2.35. The molecule has 0 aromatic rings. The molecule has 0 saturated heterocycles. The number of ether oxygens (including phenoxy) is 1. The second-order valence-corrected chi connectivity index (χ2v) is 7.03. The van der Waals surface area contributed by atoms with Crippen molar-refractivity contribution >= 4 is 16.0 Å². The van der Waals surface area contributed by atoms with Gasteiger partial charge in [-0.15, -0.1) is 0 Å². The van der Waals surface area contributed by atoms with Crippen LogP contribution in [-0.4, -0.2) is 44.5 Å². The molecule has 112 valence electrons. The summed E-state index contributed by atoms with van der Waals surface area (Å²) in [4.78, 5) is 10.8. The molecule has 0 aliphatic heterocycles. The fraction of sp³-hybridized carbons (Fsp3) is 0.917. The van der Waals surface area contributed by atoms with Gasteiger partial charge in [0.1, 0.15) is 0 Å². The minimum absolute atomic E-state index is 0.0320. The van der Waals surface area contributed by atoms with Crippen LogP contribution in [0.2, 0.25) is 0 Å². The van der Waals surface area contributed by atoms with E-state index < -0.39 is 15.6 Å². The molecule has 0 bridgehead atoms. The van der Waals surface area contributed by atoms with Crippen LogP contribution in [0.3, 0.4) is 0 Å². The van der Waals surface area contributed by atoms with Gasteiger partial charge in [0.25, 0.3) is 0 Å². The number of unbranched alkanes of at least 4 members (excludes halogenated alkanes) is 2. The molecule has 0 spiro atoms. The van der Waals surface area contributed by atoms with E-state index in [4.69, 9.17) is 0 Å². The maximum atomic E-state index is 11.7. The number of rotatable bonds is 9. The Kier molecular flexibility index (Phi) is 6.22. The van der Waals surface area contributed by atoms with Crippen LogP contribution in [0.5, 0.6) is 0 Å². The van der Waals surface area contributed by atoms with Crippen molar-refractivity contribution in [1.82, 2.24) is 4.72 Å². The lowest BCUT2D eigenvalue weighted by atomic mass is 9.81. The summed E-state index contributed by atoms with van der Waals surface area (Å²) in [6, 6.07) is 0. The van der Waals surface area contributed by atoms with E-state index in [0.29, 0.717) is 38.5 Å². The molecule has 0 unspecified atom stereocenters. The summed E-state index contributed by atoms with van der Waals surface area (Å²) in [5.74, 6) is -0.238. The maximum absolute atomic E-state index is 11.7. The minimum atomic E-state index is -3.32. The first-order valence-electron chi connectivity index (χ1n) is 6.63. The van der Waals surface area contributed by atoms with Gasteiger partial charge in [0.2, 0.25) is 10.0 Å². The van der Waals surface area contributed by atoms with E-state index in [9.17, 15) is 18.3 Å². The van der Waals surface area contributed by atoms with Crippen molar-refractivity contribution < 1.29 is 23.1 Å². The zero-order valence-corrected chi connectivity index (χ0v) is 12.2. The molecule has 0 radical (unpaired) electrons. The van der Waals surface area contributed by atoms with Crippen LogP contribution in [0.4, 0.5) is 0 Å². The molecule has 0 amide bonds. The number of nitrogens with one attached hydrogen (secondary N) is 1. The van der Waals surface area contributed by atoms with Crippen LogP contribution in [0.1, 0.15) is 44.9 Å². The van der Waals surface area contributed by atoms with Crippen molar-refractivity contribution in [2.45, 2.75) is 50.5 Å². The van der Waals surface area contributed by atoms with Gasteiger partial charge in [-0.3, -0.25) is 4.79 Å². The third kappa shape index (κ3) is 6.35. The molecule has 7 heteroatoms. The third-order valence-electron chi connectivity index (χ3n) is 3.43. The highest BCUT2D eigenvalue weighted by molar-refractivity contribution is 7.89. The lowest BCUT2D eigenvalue weighted by Crippen LogP contribution is -2.48. The molecule has 0 aromatic carbocycles. The number of methoxy groups -OCH3 is 1. The van der Waals surface area contributed by atoms with E-state index >= 15 is 0 Å². The second-order valence-electron chi connectivity index (χ2n) is 5.10. The monoisotopic (exact) mass is 293 g/mol. The van der Waals surface area contributed by atoms with Gasteiger partial charge in [0, 0.05) is 13.0 Å². The zero-order valence-electron chi connectivity index (χ0n) is 11.4. The summed E-state index contributed by atoms with van der Waals surface area (Å²) >= 11 is 0. The van der Waals surface area contributed by atoms with E-state index in [2.05, 4.69) is 9.46 Å². The standard InChI is InChI=1S/C12H23NO5S/c1-18-11(14)6-3-2-4-9-19(16,17)13-10-12(15)7-5-8-12/h13,15H,2-10H2,1H3. The van der Waals surface area contributed by atoms with E-state index in [1.807, 2.05) is 0 Å². The second kappa shape index (κ2) is 7.21. The molecule has 0 atom stereocenters. The van der Waals surface area contributed by atoms with Crippen LogP contribution in [-0.2, 0) is 19.6 Å². The van der Waals surface area contributed by atoms with Gasteiger partial charge in [0.15, 0.2) is 0 Å².